The van der Waals surface area contributed by atoms with Crippen LogP contribution in [0.2, 0.25) is 5.02 Å². The summed E-state index contributed by atoms with van der Waals surface area (Å²) < 4.78 is 25.3. The van der Waals surface area contributed by atoms with E-state index in [0.29, 0.717) is 10.2 Å². The Bertz CT molecular complexity index is 1060. The summed E-state index contributed by atoms with van der Waals surface area (Å²) in [6, 6.07) is 14.7. The van der Waals surface area contributed by atoms with Crippen molar-refractivity contribution in [1.82, 2.24) is 0 Å². The van der Waals surface area contributed by atoms with E-state index in [1.807, 2.05) is 29.2 Å². The number of benzene rings is 2. The van der Waals surface area contributed by atoms with Crippen LogP contribution in [0.4, 0.5) is 5.69 Å². The lowest BCUT2D eigenvalue weighted by Gasteiger charge is -2.24. The Morgan fingerprint density at radius 2 is 1.96 bits per heavy atom. The predicted octanol–water partition coefficient (Wildman–Crippen LogP) is 3.79. The molecule has 2 aromatic rings. The monoisotopic (exact) mass is 546 g/mol. The number of anilines is 1. The van der Waals surface area contributed by atoms with E-state index >= 15 is 0 Å². The molecule has 2 aromatic carbocycles. The zero-order chi connectivity index (χ0) is 19.9. The van der Waals surface area contributed by atoms with Gasteiger partial charge in [0.15, 0.2) is 15.0 Å². The van der Waals surface area contributed by atoms with Crippen LogP contribution >= 0.6 is 46.0 Å². The van der Waals surface area contributed by atoms with Gasteiger partial charge in [0.05, 0.1) is 24.0 Å². The summed E-state index contributed by atoms with van der Waals surface area (Å²) in [7, 11) is -3.08. The molecule has 9 heteroatoms. The van der Waals surface area contributed by atoms with Crippen molar-refractivity contribution in [3.05, 3.63) is 62.7 Å². The first-order valence-corrected chi connectivity index (χ1v) is 12.7. The van der Waals surface area contributed by atoms with Crippen LogP contribution < -0.4 is 4.90 Å². The van der Waals surface area contributed by atoms with Crippen molar-refractivity contribution in [2.75, 3.05) is 16.4 Å². The number of sulfone groups is 1. The molecule has 2 fully saturated rings. The van der Waals surface area contributed by atoms with Crippen molar-refractivity contribution < 1.29 is 13.2 Å². The van der Waals surface area contributed by atoms with Gasteiger partial charge in [-0.15, -0.1) is 0 Å². The van der Waals surface area contributed by atoms with Gasteiger partial charge in [0.2, 0.25) is 0 Å². The molecule has 0 saturated carbocycles. The van der Waals surface area contributed by atoms with E-state index in [4.69, 9.17) is 11.6 Å². The molecule has 146 valence electrons. The zero-order valence-corrected chi connectivity index (χ0v) is 19.1. The average molecular weight is 547 g/mol. The number of aliphatic imine (C=N–C) groups is 1. The molecular weight excluding hydrogens is 531 g/mol. The van der Waals surface area contributed by atoms with Crippen LogP contribution in [0.5, 0.6) is 0 Å². The first-order chi connectivity index (χ1) is 13.3. The molecule has 0 aromatic heterocycles. The summed E-state index contributed by atoms with van der Waals surface area (Å²) in [5.74, 6) is -0.0588. The van der Waals surface area contributed by atoms with E-state index in [-0.39, 0.29) is 35.1 Å². The fourth-order valence-corrected chi connectivity index (χ4v) is 8.00. The Hall–Kier alpha value is -1.10. The number of amides is 1. The van der Waals surface area contributed by atoms with E-state index in [1.165, 1.54) is 11.8 Å². The van der Waals surface area contributed by atoms with Crippen LogP contribution in [-0.2, 0) is 21.1 Å². The minimum atomic E-state index is -3.08. The molecular formula is C19H16ClIN2O3S2. The van der Waals surface area contributed by atoms with Crippen molar-refractivity contribution in [3.63, 3.8) is 0 Å². The van der Waals surface area contributed by atoms with Crippen molar-refractivity contribution in [3.8, 4) is 0 Å². The SMILES string of the molecule is O=C(Cc1ccc(Cl)cc1)N=C1S[C@H]2CS(=O)(=O)C[C@H]2N1c1cccc(I)c1. The predicted molar refractivity (Wildman–Crippen MR) is 123 cm³/mol. The molecule has 0 N–H and O–H groups in total. The molecule has 2 aliphatic rings. The second-order valence-electron chi connectivity index (χ2n) is 6.74. The maximum absolute atomic E-state index is 12.6. The zero-order valence-electron chi connectivity index (χ0n) is 14.6. The van der Waals surface area contributed by atoms with Crippen LogP contribution in [0.1, 0.15) is 5.56 Å². The Balaban J connectivity index is 1.63. The molecule has 28 heavy (non-hydrogen) atoms. The summed E-state index contributed by atoms with van der Waals surface area (Å²) in [6.45, 7) is 0. The Morgan fingerprint density at radius 1 is 1.21 bits per heavy atom. The van der Waals surface area contributed by atoms with Crippen molar-refractivity contribution in [1.29, 1.82) is 0 Å². The third-order valence-corrected chi connectivity index (χ3v) is 8.77. The smallest absolute Gasteiger partial charge is 0.252 e. The highest BCUT2D eigenvalue weighted by Crippen LogP contribution is 2.41. The van der Waals surface area contributed by atoms with Gasteiger partial charge in [-0.25, -0.2) is 8.42 Å². The molecule has 0 bridgehead atoms. The minimum absolute atomic E-state index is 0.0839. The molecule has 2 heterocycles. The molecule has 2 aliphatic heterocycles. The van der Waals surface area contributed by atoms with Crippen LogP contribution in [0.3, 0.4) is 0 Å². The second-order valence-corrected chi connectivity index (χ2v) is 11.8. The Morgan fingerprint density at radius 3 is 2.68 bits per heavy atom. The van der Waals surface area contributed by atoms with Gasteiger partial charge in [-0.2, -0.15) is 4.99 Å². The number of carbonyl (C=O) groups excluding carboxylic acids is 1. The van der Waals surface area contributed by atoms with Gasteiger partial charge in [0.25, 0.3) is 5.91 Å². The number of hydrogen-bond acceptors (Lipinski definition) is 4. The molecule has 1 amide bonds. The van der Waals surface area contributed by atoms with E-state index < -0.39 is 9.84 Å². The van der Waals surface area contributed by atoms with Gasteiger partial charge in [-0.3, -0.25) is 4.79 Å². The van der Waals surface area contributed by atoms with Crippen molar-refractivity contribution >= 4 is 72.6 Å². The Labute approximate surface area is 186 Å². The van der Waals surface area contributed by atoms with Gasteiger partial charge in [-0.1, -0.05) is 41.6 Å². The van der Waals surface area contributed by atoms with Crippen LogP contribution in [0.25, 0.3) is 0 Å². The van der Waals surface area contributed by atoms with Gasteiger partial charge in [0, 0.05) is 19.5 Å². The number of carbonyl (C=O) groups is 1. The summed E-state index contributed by atoms with van der Waals surface area (Å²) in [5, 5.41) is 1.09. The number of fused-ring (bicyclic) bond motifs is 1. The van der Waals surface area contributed by atoms with Crippen LogP contribution in [-0.4, -0.2) is 42.3 Å². The van der Waals surface area contributed by atoms with Gasteiger partial charge >= 0.3 is 0 Å². The largest absolute Gasteiger partial charge is 0.316 e. The summed E-state index contributed by atoms with van der Waals surface area (Å²) in [6.07, 6.45) is 0.176. The van der Waals surface area contributed by atoms with Gasteiger partial charge in [0.1, 0.15) is 0 Å². The third-order valence-electron chi connectivity index (χ3n) is 4.64. The highest BCUT2D eigenvalue weighted by Gasteiger charge is 2.49. The number of rotatable bonds is 3. The Kier molecular flexibility index (Phi) is 5.74. The minimum Gasteiger partial charge on any atom is -0.316 e. The maximum Gasteiger partial charge on any atom is 0.252 e. The normalized spacial score (nSPS) is 24.5. The van der Waals surface area contributed by atoms with E-state index in [9.17, 15) is 13.2 Å². The number of thioether (sulfide) groups is 1. The lowest BCUT2D eigenvalue weighted by molar-refractivity contribution is -0.117. The number of amidine groups is 1. The number of hydrogen-bond donors (Lipinski definition) is 0. The maximum atomic E-state index is 12.6. The van der Waals surface area contributed by atoms with Crippen LogP contribution in [0, 0.1) is 3.57 Å². The first kappa shape index (κ1) is 20.2. The number of nitrogens with zero attached hydrogens (tertiary/aromatic N) is 2. The molecule has 0 unspecified atom stereocenters. The molecule has 2 atom stereocenters. The van der Waals surface area contributed by atoms with Gasteiger partial charge in [-0.05, 0) is 58.5 Å². The molecule has 0 aliphatic carbocycles. The van der Waals surface area contributed by atoms with Crippen LogP contribution in [0.15, 0.2) is 53.5 Å². The molecule has 4 rings (SSSR count). The quantitative estimate of drug-likeness (QED) is 0.548. The fraction of sp³-hybridized carbons (Fsp3) is 0.263. The molecule has 2 saturated heterocycles. The molecule has 0 spiro atoms. The van der Waals surface area contributed by atoms with Gasteiger partial charge < -0.3 is 4.90 Å². The lowest BCUT2D eigenvalue weighted by atomic mass is 10.1. The lowest BCUT2D eigenvalue weighted by Crippen LogP contribution is -2.37. The van der Waals surface area contributed by atoms with E-state index in [1.54, 1.807) is 24.3 Å². The topological polar surface area (TPSA) is 66.8 Å². The summed E-state index contributed by atoms with van der Waals surface area (Å²) in [4.78, 5) is 18.8. The number of halogens is 2. The standard InChI is InChI=1S/C19H16ClIN2O3S2/c20-13-6-4-12(5-7-13)8-18(24)22-19-23(15-3-1-2-14(21)9-15)16-10-28(25,26)11-17(16)27-19/h1-7,9,16-17H,8,10-11H2/t16-,17+/m1/s1. The average Bonchev–Trinajstić information content (AvgIpc) is 3.07. The highest BCUT2D eigenvalue weighted by atomic mass is 127. The van der Waals surface area contributed by atoms with Crippen molar-refractivity contribution in [2.45, 2.75) is 17.7 Å². The van der Waals surface area contributed by atoms with Crippen molar-refractivity contribution in [2.24, 2.45) is 4.99 Å². The fourth-order valence-electron chi connectivity index (χ4n) is 3.42. The third kappa shape index (κ3) is 4.39. The second kappa shape index (κ2) is 7.97. The van der Waals surface area contributed by atoms with E-state index in [2.05, 4.69) is 27.6 Å². The summed E-state index contributed by atoms with van der Waals surface area (Å²) >= 11 is 9.50. The van der Waals surface area contributed by atoms with E-state index in [0.717, 1.165) is 14.8 Å². The molecule has 0 radical (unpaired) electrons. The summed E-state index contributed by atoms with van der Waals surface area (Å²) in [5.41, 5.74) is 1.70. The first-order valence-electron chi connectivity index (χ1n) is 8.58. The highest BCUT2D eigenvalue weighted by molar-refractivity contribution is 14.1. The molecule has 5 nitrogen and oxygen atoms in total.